The van der Waals surface area contributed by atoms with Crippen LogP contribution in [0.15, 0.2) is 4.99 Å². The molecule has 1 fully saturated rings. The molecular weight excluding hydrogens is 272 g/mol. The summed E-state index contributed by atoms with van der Waals surface area (Å²) < 4.78 is 5.05. The second kappa shape index (κ2) is 6.38. The van der Waals surface area contributed by atoms with Crippen LogP contribution in [0.25, 0.3) is 0 Å². The summed E-state index contributed by atoms with van der Waals surface area (Å²) in [5, 5.41) is 11.4. The molecule has 5 nitrogen and oxygen atoms in total. The highest BCUT2D eigenvalue weighted by Gasteiger charge is 2.26. The average Bonchev–Trinajstić information content (AvgIpc) is 2.71. The number of aliphatic imine (C=N–C) groups is 1. The van der Waals surface area contributed by atoms with Crippen LogP contribution in [0.2, 0.25) is 0 Å². The van der Waals surface area contributed by atoms with Gasteiger partial charge in [-0.1, -0.05) is 33.0 Å². The molecule has 1 heterocycles. The third-order valence-electron chi connectivity index (χ3n) is 2.13. The summed E-state index contributed by atoms with van der Waals surface area (Å²) in [6.45, 7) is 5.42. The van der Waals surface area contributed by atoms with Crippen molar-refractivity contribution in [1.82, 2.24) is 4.90 Å². The Balaban J connectivity index is 2.50. The largest absolute Gasteiger partial charge is 0.595 e. The fourth-order valence-electron chi connectivity index (χ4n) is 1.34. The third kappa shape index (κ3) is 4.81. The Hall–Kier alpha value is -0.820. The van der Waals surface area contributed by atoms with Gasteiger partial charge in [0, 0.05) is 11.4 Å². The summed E-state index contributed by atoms with van der Waals surface area (Å²) in [7, 11) is 0. The van der Waals surface area contributed by atoms with Gasteiger partial charge in [-0.15, -0.1) is 11.8 Å². The normalized spacial score (nSPS) is 20.9. The first-order chi connectivity index (χ1) is 8.33. The molecule has 7 heteroatoms. The Kier molecular flexibility index (Phi) is 5.40. The monoisotopic (exact) mass is 289 g/mol. The maximum Gasteiger partial charge on any atom is 0.146 e. The summed E-state index contributed by atoms with van der Waals surface area (Å²) >= 11 is 6.81. The molecule has 1 aliphatic rings. The minimum Gasteiger partial charge on any atom is -0.595 e. The second-order valence-electron chi connectivity index (χ2n) is 4.86. The quantitative estimate of drug-likeness (QED) is 0.325. The van der Waals surface area contributed by atoms with Crippen molar-refractivity contribution >= 4 is 41.3 Å². The van der Waals surface area contributed by atoms with Gasteiger partial charge >= 0.3 is 0 Å². The van der Waals surface area contributed by atoms with Crippen molar-refractivity contribution in [2.24, 2.45) is 4.99 Å². The first-order valence-corrected chi connectivity index (χ1v) is 7.13. The Morgan fingerprint density at radius 1 is 1.67 bits per heavy atom. The van der Waals surface area contributed by atoms with E-state index in [1.165, 1.54) is 0 Å². The lowest BCUT2D eigenvalue weighted by molar-refractivity contribution is -0.260. The lowest BCUT2D eigenvalue weighted by Gasteiger charge is -2.29. The lowest BCUT2D eigenvalue weighted by atomic mass is 10.2. The molecule has 18 heavy (non-hydrogen) atoms. The molecule has 0 aromatic carbocycles. The highest BCUT2D eigenvalue weighted by molar-refractivity contribution is 7.99. The number of thioether (sulfide) groups is 1. The maximum absolute atomic E-state index is 11.4. The Morgan fingerprint density at radius 3 is 2.89 bits per heavy atom. The second-order valence-corrected chi connectivity index (χ2v) is 6.33. The fraction of sp³-hybridized carbons (Fsp3) is 0.727. The summed E-state index contributed by atoms with van der Waals surface area (Å²) in [4.78, 5) is 16.9. The number of rotatable bonds is 3. The van der Waals surface area contributed by atoms with Crippen LogP contribution in [0.3, 0.4) is 0 Å². The van der Waals surface area contributed by atoms with Crippen LogP contribution < -0.4 is 5.11 Å². The van der Waals surface area contributed by atoms with E-state index in [1.54, 1.807) is 37.4 Å². The van der Waals surface area contributed by atoms with Crippen LogP contribution in [0.1, 0.15) is 20.8 Å². The van der Waals surface area contributed by atoms with Crippen molar-refractivity contribution in [2.75, 3.05) is 18.2 Å². The third-order valence-corrected chi connectivity index (χ3v) is 3.54. The molecule has 1 atom stereocenters. The van der Waals surface area contributed by atoms with Gasteiger partial charge in [0.2, 0.25) is 0 Å². The molecule has 1 aliphatic heterocycles. The van der Waals surface area contributed by atoms with Crippen LogP contribution in [0.4, 0.5) is 0 Å². The first-order valence-electron chi connectivity index (χ1n) is 5.56. The molecule has 0 unspecified atom stereocenters. The number of thiocarbonyl (C=S) groups is 1. The topological polar surface area (TPSA) is 65.0 Å². The summed E-state index contributed by atoms with van der Waals surface area (Å²) in [5.74, 6) is 1.40. The minimum atomic E-state index is -0.626. The van der Waals surface area contributed by atoms with Gasteiger partial charge in [-0.05, 0) is 0 Å². The predicted molar refractivity (Wildman–Crippen MR) is 74.8 cm³/mol. The van der Waals surface area contributed by atoms with E-state index in [1.807, 2.05) is 0 Å². The van der Waals surface area contributed by atoms with Crippen molar-refractivity contribution in [3.63, 3.8) is 0 Å². The molecule has 0 amide bonds. The zero-order valence-corrected chi connectivity index (χ0v) is 12.3. The minimum absolute atomic E-state index is 0.0924. The standard InChI is InChI=1S/C11H18N2O3S2/c1-11(2,3)16-10(15)12-4-9(17)13-7-18-6-8(13)5-14/h5,8H,4,6-7H2,1-3H3,(H,12,15)/p-1/t8-/m1/s1. The van der Waals surface area contributed by atoms with Gasteiger partial charge in [0.1, 0.15) is 17.4 Å². The number of aldehydes is 1. The van der Waals surface area contributed by atoms with E-state index in [0.717, 1.165) is 12.0 Å². The van der Waals surface area contributed by atoms with Crippen LogP contribution >= 0.6 is 24.0 Å². The molecule has 0 radical (unpaired) electrons. The molecule has 0 aromatic rings. The molecule has 0 aliphatic carbocycles. The molecule has 1 saturated heterocycles. The van der Waals surface area contributed by atoms with Crippen molar-refractivity contribution in [2.45, 2.75) is 32.4 Å². The first kappa shape index (κ1) is 15.2. The van der Waals surface area contributed by atoms with E-state index in [0.29, 0.717) is 10.9 Å². The van der Waals surface area contributed by atoms with E-state index in [2.05, 4.69) is 4.99 Å². The molecular formula is C11H17N2O3S2-. The predicted octanol–water partition coefficient (Wildman–Crippen LogP) is 0.419. The smallest absolute Gasteiger partial charge is 0.146 e. The number of nitrogens with zero attached hydrogens (tertiary/aromatic N) is 2. The summed E-state index contributed by atoms with van der Waals surface area (Å²) in [6.07, 6.45) is 0.249. The number of carbonyl (C=O) groups excluding carboxylic acids is 1. The van der Waals surface area contributed by atoms with Gasteiger partial charge in [-0.3, -0.25) is 4.99 Å². The van der Waals surface area contributed by atoms with E-state index in [-0.39, 0.29) is 12.6 Å². The van der Waals surface area contributed by atoms with Crippen molar-refractivity contribution < 1.29 is 14.6 Å². The van der Waals surface area contributed by atoms with E-state index in [9.17, 15) is 9.90 Å². The molecule has 0 spiro atoms. The molecule has 0 aromatic heterocycles. The SMILES string of the molecule is CC(C)(C)OC([O-])=NCC(=S)N1CSC[C@H]1C=O. The van der Waals surface area contributed by atoms with Crippen LogP contribution in [0, 0.1) is 0 Å². The molecule has 0 N–H and O–H groups in total. The molecule has 0 saturated carbocycles. The Bertz CT molecular complexity index is 353. The zero-order valence-electron chi connectivity index (χ0n) is 10.7. The summed E-state index contributed by atoms with van der Waals surface area (Å²) in [6, 6.07) is -0.198. The Labute approximate surface area is 117 Å². The number of ether oxygens (including phenoxy) is 1. The molecule has 0 bridgehead atoms. The lowest BCUT2D eigenvalue weighted by Crippen LogP contribution is -2.39. The van der Waals surface area contributed by atoms with Crippen LogP contribution in [-0.2, 0) is 9.53 Å². The highest BCUT2D eigenvalue weighted by Crippen LogP contribution is 2.20. The Morgan fingerprint density at radius 2 is 2.33 bits per heavy atom. The van der Waals surface area contributed by atoms with Gasteiger partial charge in [0.05, 0.1) is 18.5 Å². The van der Waals surface area contributed by atoms with Gasteiger partial charge in [-0.2, -0.15) is 0 Å². The van der Waals surface area contributed by atoms with Crippen LogP contribution in [0.5, 0.6) is 0 Å². The average molecular weight is 289 g/mol. The van der Waals surface area contributed by atoms with Crippen LogP contribution in [-0.4, -0.2) is 52.1 Å². The molecule has 102 valence electrons. The number of carbonyl (C=O) groups is 1. The highest BCUT2D eigenvalue weighted by atomic mass is 32.2. The van der Waals surface area contributed by atoms with E-state index in [4.69, 9.17) is 17.0 Å². The number of hydrogen-bond acceptors (Lipinski definition) is 6. The van der Waals surface area contributed by atoms with Crippen molar-refractivity contribution in [3.05, 3.63) is 0 Å². The van der Waals surface area contributed by atoms with Crippen molar-refractivity contribution in [1.29, 1.82) is 0 Å². The number of hydrogen-bond donors (Lipinski definition) is 0. The van der Waals surface area contributed by atoms with Gasteiger partial charge < -0.3 is 19.5 Å². The molecule has 1 rings (SSSR count). The van der Waals surface area contributed by atoms with Gasteiger partial charge in [-0.25, -0.2) is 0 Å². The van der Waals surface area contributed by atoms with Crippen molar-refractivity contribution in [3.8, 4) is 0 Å². The fourth-order valence-corrected chi connectivity index (χ4v) is 2.84. The van der Waals surface area contributed by atoms with E-state index >= 15 is 0 Å². The zero-order chi connectivity index (χ0) is 13.8. The maximum atomic E-state index is 11.4. The van der Waals surface area contributed by atoms with Gasteiger partial charge in [0.25, 0.3) is 0 Å². The summed E-state index contributed by atoms with van der Waals surface area (Å²) in [5.41, 5.74) is -0.559. The van der Waals surface area contributed by atoms with E-state index < -0.39 is 11.7 Å². The van der Waals surface area contributed by atoms with Gasteiger partial charge in [0.15, 0.2) is 0 Å².